The van der Waals surface area contributed by atoms with Crippen LogP contribution in [0.15, 0.2) is 0 Å². The van der Waals surface area contributed by atoms with Gasteiger partial charge in [-0.2, -0.15) is 0 Å². The van der Waals surface area contributed by atoms with Gasteiger partial charge >= 0.3 is 0 Å². The third-order valence-corrected chi connectivity index (χ3v) is 1.61. The Labute approximate surface area is 80.8 Å². The summed E-state index contributed by atoms with van der Waals surface area (Å²) < 4.78 is 0. The van der Waals surface area contributed by atoms with Crippen molar-refractivity contribution in [2.75, 3.05) is 0 Å². The van der Waals surface area contributed by atoms with Crippen LogP contribution in [0.1, 0.15) is 68.2 Å². The minimum atomic E-state index is 1.04. The zero-order valence-corrected chi connectivity index (χ0v) is 10.6. The van der Waals surface area contributed by atoms with Crippen molar-refractivity contribution in [1.29, 1.82) is 0 Å². The summed E-state index contributed by atoms with van der Waals surface area (Å²) in [7, 11) is 0. The van der Waals surface area contributed by atoms with Crippen LogP contribution in [-0.4, -0.2) is 0 Å². The molecule has 0 heterocycles. The first kappa shape index (κ1) is 17.9. The second-order valence-electron chi connectivity index (χ2n) is 2.68. The molecule has 0 spiro atoms. The average Bonchev–Trinajstić information content (AvgIpc) is 2.13. The molecule has 1 fully saturated rings. The SMILES string of the molecule is CC.CC.CC.CC1CC(C)C1. The van der Waals surface area contributed by atoms with Gasteiger partial charge in [-0.3, -0.25) is 0 Å². The van der Waals surface area contributed by atoms with E-state index in [1.165, 1.54) is 12.8 Å². The fraction of sp³-hybridized carbons (Fsp3) is 1.00. The van der Waals surface area contributed by atoms with Crippen molar-refractivity contribution in [2.45, 2.75) is 68.2 Å². The molecule has 0 nitrogen and oxygen atoms in total. The second-order valence-corrected chi connectivity index (χ2v) is 2.68. The highest BCUT2D eigenvalue weighted by atomic mass is 14.2. The summed E-state index contributed by atoms with van der Waals surface area (Å²) in [5.74, 6) is 2.08. The fourth-order valence-electron chi connectivity index (χ4n) is 1.30. The average molecular weight is 174 g/mol. The van der Waals surface area contributed by atoms with E-state index in [-0.39, 0.29) is 0 Å². The lowest BCUT2D eigenvalue weighted by Gasteiger charge is -2.28. The number of hydrogen-bond acceptors (Lipinski definition) is 0. The van der Waals surface area contributed by atoms with Crippen molar-refractivity contribution >= 4 is 0 Å². The standard InChI is InChI=1S/C6H12.3C2H6/c1-5-3-6(2)4-5;3*1-2/h5-6H,3-4H2,1-2H3;3*1-2H3. The van der Waals surface area contributed by atoms with Crippen LogP contribution < -0.4 is 0 Å². The summed E-state index contributed by atoms with van der Waals surface area (Å²) in [6, 6.07) is 0. The normalized spacial score (nSPS) is 24.0. The maximum absolute atomic E-state index is 2.32. The lowest BCUT2D eigenvalue weighted by molar-refractivity contribution is 0.233. The van der Waals surface area contributed by atoms with Crippen molar-refractivity contribution in [3.63, 3.8) is 0 Å². The Morgan fingerprint density at radius 2 is 0.750 bits per heavy atom. The summed E-state index contributed by atoms with van der Waals surface area (Å²) in [5.41, 5.74) is 0. The van der Waals surface area contributed by atoms with E-state index in [4.69, 9.17) is 0 Å². The van der Waals surface area contributed by atoms with Gasteiger partial charge in [0.05, 0.1) is 0 Å². The molecule has 1 aliphatic rings. The molecule has 0 heteroatoms. The number of rotatable bonds is 0. The smallest absolute Gasteiger partial charge is 0.0438 e. The lowest BCUT2D eigenvalue weighted by atomic mass is 9.78. The van der Waals surface area contributed by atoms with Gasteiger partial charge in [0.15, 0.2) is 0 Å². The minimum Gasteiger partial charge on any atom is -0.0683 e. The minimum absolute atomic E-state index is 1.04. The Balaban J connectivity index is -0.000000117. The predicted molar refractivity (Wildman–Crippen MR) is 61.6 cm³/mol. The van der Waals surface area contributed by atoms with Crippen LogP contribution in [0.3, 0.4) is 0 Å². The van der Waals surface area contributed by atoms with Crippen molar-refractivity contribution < 1.29 is 0 Å². The van der Waals surface area contributed by atoms with Crippen molar-refractivity contribution in [2.24, 2.45) is 11.8 Å². The van der Waals surface area contributed by atoms with E-state index >= 15 is 0 Å². The molecule has 78 valence electrons. The van der Waals surface area contributed by atoms with Crippen molar-refractivity contribution in [1.82, 2.24) is 0 Å². The van der Waals surface area contributed by atoms with E-state index < -0.39 is 0 Å². The quantitative estimate of drug-likeness (QED) is 0.477. The van der Waals surface area contributed by atoms with E-state index in [1.54, 1.807) is 0 Å². The van der Waals surface area contributed by atoms with Gasteiger partial charge in [-0.15, -0.1) is 0 Å². The summed E-state index contributed by atoms with van der Waals surface area (Å²) in [6.45, 7) is 16.6. The molecule has 0 N–H and O–H groups in total. The Hall–Kier alpha value is 0. The molecular weight excluding hydrogens is 144 g/mol. The molecule has 0 atom stereocenters. The van der Waals surface area contributed by atoms with E-state index in [2.05, 4.69) is 13.8 Å². The summed E-state index contributed by atoms with van der Waals surface area (Å²) in [4.78, 5) is 0. The summed E-state index contributed by atoms with van der Waals surface area (Å²) in [5, 5.41) is 0. The Bertz CT molecular complexity index is 36.0. The van der Waals surface area contributed by atoms with Crippen molar-refractivity contribution in [3.05, 3.63) is 0 Å². The largest absolute Gasteiger partial charge is 0.0683 e. The van der Waals surface area contributed by atoms with Crippen LogP contribution >= 0.6 is 0 Å². The fourth-order valence-corrected chi connectivity index (χ4v) is 1.30. The maximum Gasteiger partial charge on any atom is -0.0438 e. The Morgan fingerprint density at radius 1 is 0.583 bits per heavy atom. The van der Waals surface area contributed by atoms with Crippen LogP contribution in [0.5, 0.6) is 0 Å². The predicted octanol–water partition coefficient (Wildman–Crippen LogP) is 5.13. The molecule has 0 unspecified atom stereocenters. The van der Waals surface area contributed by atoms with E-state index in [1.807, 2.05) is 41.5 Å². The van der Waals surface area contributed by atoms with Gasteiger partial charge < -0.3 is 0 Å². The van der Waals surface area contributed by atoms with Gasteiger partial charge in [-0.25, -0.2) is 0 Å². The van der Waals surface area contributed by atoms with Crippen molar-refractivity contribution in [3.8, 4) is 0 Å². The third-order valence-electron chi connectivity index (χ3n) is 1.61. The van der Waals surface area contributed by atoms with Gasteiger partial charge in [0.2, 0.25) is 0 Å². The molecular formula is C12H30. The molecule has 0 aliphatic heterocycles. The van der Waals surface area contributed by atoms with Crippen LogP contribution in [0.2, 0.25) is 0 Å². The first-order valence-corrected chi connectivity index (χ1v) is 5.79. The Kier molecular flexibility index (Phi) is 25.7. The molecule has 1 aliphatic carbocycles. The topological polar surface area (TPSA) is 0 Å². The Morgan fingerprint density at radius 3 is 0.750 bits per heavy atom. The monoisotopic (exact) mass is 174 g/mol. The highest BCUT2D eigenvalue weighted by molar-refractivity contribution is 4.71. The molecule has 0 aromatic rings. The van der Waals surface area contributed by atoms with Gasteiger partial charge in [-0.1, -0.05) is 55.4 Å². The lowest BCUT2D eigenvalue weighted by Crippen LogP contribution is -2.16. The summed E-state index contributed by atoms with van der Waals surface area (Å²) >= 11 is 0. The van der Waals surface area contributed by atoms with Crippen LogP contribution in [0.4, 0.5) is 0 Å². The molecule has 0 amide bonds. The van der Waals surface area contributed by atoms with E-state index in [9.17, 15) is 0 Å². The molecule has 0 bridgehead atoms. The van der Waals surface area contributed by atoms with E-state index in [0.717, 1.165) is 11.8 Å². The van der Waals surface area contributed by atoms with Gasteiger partial charge in [-0.05, 0) is 24.7 Å². The second kappa shape index (κ2) is 17.2. The zero-order chi connectivity index (χ0) is 10.6. The first-order valence-electron chi connectivity index (χ1n) is 5.79. The van der Waals surface area contributed by atoms with Gasteiger partial charge in [0, 0.05) is 0 Å². The highest BCUT2D eigenvalue weighted by Crippen LogP contribution is 2.31. The first-order chi connectivity index (χ1) is 5.79. The highest BCUT2D eigenvalue weighted by Gasteiger charge is 2.19. The third kappa shape index (κ3) is 12.7. The van der Waals surface area contributed by atoms with Gasteiger partial charge in [0.25, 0.3) is 0 Å². The molecule has 12 heavy (non-hydrogen) atoms. The number of hydrogen-bond donors (Lipinski definition) is 0. The van der Waals surface area contributed by atoms with E-state index in [0.29, 0.717) is 0 Å². The van der Waals surface area contributed by atoms with Crippen LogP contribution in [0.25, 0.3) is 0 Å². The molecule has 0 radical (unpaired) electrons. The molecule has 1 rings (SSSR count). The molecule has 0 saturated heterocycles. The van der Waals surface area contributed by atoms with Crippen LogP contribution in [0, 0.1) is 11.8 Å². The zero-order valence-electron chi connectivity index (χ0n) is 10.6. The summed E-state index contributed by atoms with van der Waals surface area (Å²) in [6.07, 6.45) is 2.94. The van der Waals surface area contributed by atoms with Crippen LogP contribution in [-0.2, 0) is 0 Å². The van der Waals surface area contributed by atoms with Gasteiger partial charge in [0.1, 0.15) is 0 Å². The maximum atomic E-state index is 2.32. The molecule has 0 aromatic heterocycles. The molecule has 0 aromatic carbocycles. The molecule has 1 saturated carbocycles.